The number of aromatic nitrogens is 2. The summed E-state index contributed by atoms with van der Waals surface area (Å²) in [6.07, 6.45) is 0.741. The summed E-state index contributed by atoms with van der Waals surface area (Å²) in [6.45, 7) is 1.17. The molecule has 0 saturated heterocycles. The van der Waals surface area contributed by atoms with Crippen LogP contribution in [-0.4, -0.2) is 30.3 Å². The Morgan fingerprint density at radius 2 is 1.82 bits per heavy atom. The van der Waals surface area contributed by atoms with Gasteiger partial charge in [0.25, 0.3) is 0 Å². The minimum Gasteiger partial charge on any atom is -0.497 e. The van der Waals surface area contributed by atoms with Crippen molar-refractivity contribution in [3.63, 3.8) is 0 Å². The van der Waals surface area contributed by atoms with Crippen molar-refractivity contribution < 1.29 is 14.2 Å². The van der Waals surface area contributed by atoms with Gasteiger partial charge < -0.3 is 19.2 Å². The lowest BCUT2D eigenvalue weighted by Gasteiger charge is -2.17. The van der Waals surface area contributed by atoms with Crippen LogP contribution in [-0.2, 0) is 6.42 Å². The summed E-state index contributed by atoms with van der Waals surface area (Å²) in [5.74, 6) is 3.32. The molecule has 1 aliphatic heterocycles. The lowest BCUT2D eigenvalue weighted by Crippen LogP contribution is -2.15. The lowest BCUT2D eigenvalue weighted by molar-refractivity contribution is 0.172. The molecule has 5 heteroatoms. The number of nitrogens with one attached hydrogen (secondary N) is 1. The molecule has 0 spiro atoms. The zero-order chi connectivity index (χ0) is 14.9. The molecule has 3 aromatic rings. The van der Waals surface area contributed by atoms with Gasteiger partial charge in [-0.15, -0.1) is 0 Å². The van der Waals surface area contributed by atoms with Crippen LogP contribution >= 0.6 is 0 Å². The SMILES string of the molecule is COc1ccc(Cc2nc3cc4c(cc3[nH]2)OCCO4)cc1. The third-order valence-electron chi connectivity index (χ3n) is 3.73. The second-order valence-electron chi connectivity index (χ2n) is 5.22. The fraction of sp³-hybridized carbons (Fsp3) is 0.235. The molecule has 5 nitrogen and oxygen atoms in total. The van der Waals surface area contributed by atoms with Crippen LogP contribution in [0.5, 0.6) is 17.2 Å². The molecular weight excluding hydrogens is 280 g/mol. The van der Waals surface area contributed by atoms with Gasteiger partial charge in [0, 0.05) is 18.6 Å². The van der Waals surface area contributed by atoms with Gasteiger partial charge in [-0.25, -0.2) is 4.98 Å². The van der Waals surface area contributed by atoms with Gasteiger partial charge in [-0.1, -0.05) is 12.1 Å². The third kappa shape index (κ3) is 2.35. The Morgan fingerprint density at radius 3 is 2.55 bits per heavy atom. The molecule has 1 N–H and O–H groups in total. The Balaban J connectivity index is 1.64. The smallest absolute Gasteiger partial charge is 0.163 e. The zero-order valence-electron chi connectivity index (χ0n) is 12.3. The first-order valence-electron chi connectivity index (χ1n) is 7.23. The molecule has 4 rings (SSSR count). The molecule has 2 aromatic carbocycles. The van der Waals surface area contributed by atoms with Crippen molar-refractivity contribution in [2.75, 3.05) is 20.3 Å². The predicted octanol–water partition coefficient (Wildman–Crippen LogP) is 2.93. The zero-order valence-corrected chi connectivity index (χ0v) is 12.3. The first kappa shape index (κ1) is 13.0. The molecule has 0 amide bonds. The molecule has 0 radical (unpaired) electrons. The van der Waals surface area contributed by atoms with E-state index in [4.69, 9.17) is 14.2 Å². The number of aromatic amines is 1. The summed E-state index contributed by atoms with van der Waals surface area (Å²) in [7, 11) is 1.67. The van der Waals surface area contributed by atoms with Crippen LogP contribution in [0.25, 0.3) is 11.0 Å². The lowest BCUT2D eigenvalue weighted by atomic mass is 10.1. The summed E-state index contributed by atoms with van der Waals surface area (Å²) in [4.78, 5) is 7.98. The van der Waals surface area contributed by atoms with Gasteiger partial charge in [-0.05, 0) is 17.7 Å². The van der Waals surface area contributed by atoms with Gasteiger partial charge in [0.05, 0.1) is 18.1 Å². The molecule has 0 aliphatic carbocycles. The van der Waals surface area contributed by atoms with Crippen molar-refractivity contribution in [2.45, 2.75) is 6.42 Å². The number of benzene rings is 2. The van der Waals surface area contributed by atoms with E-state index in [1.54, 1.807) is 7.11 Å². The van der Waals surface area contributed by atoms with Crippen LogP contribution in [0.4, 0.5) is 0 Å². The number of rotatable bonds is 3. The molecule has 0 fully saturated rings. The van der Waals surface area contributed by atoms with E-state index in [-0.39, 0.29) is 0 Å². The second-order valence-corrected chi connectivity index (χ2v) is 5.22. The summed E-state index contributed by atoms with van der Waals surface area (Å²) < 4.78 is 16.4. The highest BCUT2D eigenvalue weighted by Gasteiger charge is 2.14. The number of ether oxygens (including phenoxy) is 3. The van der Waals surface area contributed by atoms with Gasteiger partial charge in [0.2, 0.25) is 0 Å². The molecule has 22 heavy (non-hydrogen) atoms. The van der Waals surface area contributed by atoms with E-state index in [1.165, 1.54) is 5.56 Å². The number of hydrogen-bond donors (Lipinski definition) is 1. The maximum absolute atomic E-state index is 5.60. The number of fused-ring (bicyclic) bond motifs is 2. The number of methoxy groups -OCH3 is 1. The number of hydrogen-bond acceptors (Lipinski definition) is 4. The van der Waals surface area contributed by atoms with E-state index < -0.39 is 0 Å². The van der Waals surface area contributed by atoms with Crippen molar-refractivity contribution in [1.82, 2.24) is 9.97 Å². The number of nitrogens with zero attached hydrogens (tertiary/aromatic N) is 1. The Hall–Kier alpha value is -2.69. The van der Waals surface area contributed by atoms with E-state index in [0.717, 1.165) is 40.5 Å². The minimum atomic E-state index is 0.585. The van der Waals surface area contributed by atoms with Crippen LogP contribution in [0.1, 0.15) is 11.4 Å². The van der Waals surface area contributed by atoms with E-state index in [1.807, 2.05) is 36.4 Å². The largest absolute Gasteiger partial charge is 0.497 e. The second kappa shape index (κ2) is 5.26. The molecular formula is C17H16N2O3. The average molecular weight is 296 g/mol. The summed E-state index contributed by atoms with van der Waals surface area (Å²) in [5, 5.41) is 0. The quantitative estimate of drug-likeness (QED) is 0.807. The van der Waals surface area contributed by atoms with E-state index >= 15 is 0 Å². The molecule has 0 unspecified atom stereocenters. The Labute approximate surface area is 127 Å². The van der Waals surface area contributed by atoms with Crippen molar-refractivity contribution >= 4 is 11.0 Å². The fourth-order valence-corrected chi connectivity index (χ4v) is 2.62. The first-order chi connectivity index (χ1) is 10.8. The fourth-order valence-electron chi connectivity index (χ4n) is 2.62. The van der Waals surface area contributed by atoms with Crippen molar-refractivity contribution in [3.8, 4) is 17.2 Å². The van der Waals surface area contributed by atoms with Crippen LogP contribution in [0.2, 0.25) is 0 Å². The van der Waals surface area contributed by atoms with E-state index in [9.17, 15) is 0 Å². The first-order valence-corrected chi connectivity index (χ1v) is 7.23. The number of imidazole rings is 1. The highest BCUT2D eigenvalue weighted by molar-refractivity contribution is 5.80. The standard InChI is InChI=1S/C17H16N2O3/c1-20-12-4-2-11(3-5-12)8-17-18-13-9-15-16(10-14(13)19-17)22-7-6-21-15/h2-5,9-10H,6-8H2,1H3,(H,18,19). The van der Waals surface area contributed by atoms with Crippen LogP contribution in [0.3, 0.4) is 0 Å². The van der Waals surface area contributed by atoms with Gasteiger partial charge in [-0.2, -0.15) is 0 Å². The van der Waals surface area contributed by atoms with E-state index in [2.05, 4.69) is 9.97 Å². The van der Waals surface area contributed by atoms with Gasteiger partial charge in [0.1, 0.15) is 24.8 Å². The van der Waals surface area contributed by atoms with Crippen LogP contribution < -0.4 is 14.2 Å². The summed E-state index contributed by atoms with van der Waals surface area (Å²) in [5.41, 5.74) is 3.04. The predicted molar refractivity (Wildman–Crippen MR) is 82.9 cm³/mol. The Morgan fingerprint density at radius 1 is 1.09 bits per heavy atom. The highest BCUT2D eigenvalue weighted by Crippen LogP contribution is 2.33. The Bertz CT molecular complexity index is 766. The molecule has 1 aliphatic rings. The molecule has 2 heterocycles. The van der Waals surface area contributed by atoms with Gasteiger partial charge in [-0.3, -0.25) is 0 Å². The van der Waals surface area contributed by atoms with Crippen molar-refractivity contribution in [2.24, 2.45) is 0 Å². The summed E-state index contributed by atoms with van der Waals surface area (Å²) in [6, 6.07) is 11.9. The van der Waals surface area contributed by atoms with E-state index in [0.29, 0.717) is 13.2 Å². The summed E-state index contributed by atoms with van der Waals surface area (Å²) >= 11 is 0. The Kier molecular flexibility index (Phi) is 3.11. The maximum Gasteiger partial charge on any atom is 0.163 e. The van der Waals surface area contributed by atoms with Crippen molar-refractivity contribution in [1.29, 1.82) is 0 Å². The molecule has 0 saturated carbocycles. The molecule has 0 bridgehead atoms. The van der Waals surface area contributed by atoms with Crippen LogP contribution in [0, 0.1) is 0 Å². The highest BCUT2D eigenvalue weighted by atomic mass is 16.6. The molecule has 1 aromatic heterocycles. The molecule has 0 atom stereocenters. The minimum absolute atomic E-state index is 0.585. The van der Waals surface area contributed by atoms with Crippen molar-refractivity contribution in [3.05, 3.63) is 47.8 Å². The third-order valence-corrected chi connectivity index (χ3v) is 3.73. The van der Waals surface area contributed by atoms with Crippen LogP contribution in [0.15, 0.2) is 36.4 Å². The molecule has 112 valence electrons. The monoisotopic (exact) mass is 296 g/mol. The maximum atomic E-state index is 5.60. The van der Waals surface area contributed by atoms with Gasteiger partial charge >= 0.3 is 0 Å². The number of H-pyrrole nitrogens is 1. The normalized spacial score (nSPS) is 13.3. The van der Waals surface area contributed by atoms with Gasteiger partial charge in [0.15, 0.2) is 11.5 Å². The average Bonchev–Trinajstić information content (AvgIpc) is 2.94. The topological polar surface area (TPSA) is 56.4 Å².